The molecule has 1 aromatic carbocycles. The summed E-state index contributed by atoms with van der Waals surface area (Å²) < 4.78 is 10.2. The Kier molecular flexibility index (Phi) is 11.3. The minimum atomic E-state index is -1.08. The molecule has 0 radical (unpaired) electrons. The largest absolute Gasteiger partial charge is 0.527 e. The second-order valence-electron chi connectivity index (χ2n) is 10.7. The van der Waals surface area contributed by atoms with Crippen LogP contribution >= 0.6 is 0 Å². The Morgan fingerprint density at radius 3 is 2.31 bits per heavy atom. The van der Waals surface area contributed by atoms with Crippen molar-refractivity contribution in [3.8, 4) is 11.4 Å². The number of nitrogens with one attached hydrogen (secondary N) is 1. The van der Waals surface area contributed by atoms with Crippen LogP contribution in [0.1, 0.15) is 69.7 Å². The first-order valence-corrected chi connectivity index (χ1v) is 13.9. The summed E-state index contributed by atoms with van der Waals surface area (Å²) in [5.41, 5.74) is 0.140. The van der Waals surface area contributed by atoms with Gasteiger partial charge in [-0.2, -0.15) is 0 Å². The minimum Gasteiger partial charge on any atom is -0.460 e. The molecule has 2 atom stereocenters. The molecule has 1 aliphatic heterocycles. The molecule has 2 amide bonds. The maximum absolute atomic E-state index is 13.6. The number of carbonyl (C=O) groups is 4. The molecule has 0 spiro atoms. The van der Waals surface area contributed by atoms with Gasteiger partial charge in [0, 0.05) is 25.1 Å². The highest BCUT2D eigenvalue weighted by Gasteiger charge is 2.31. The first kappa shape index (κ1) is 32.4. The summed E-state index contributed by atoms with van der Waals surface area (Å²) >= 11 is 0. The number of aliphatic hydroxyl groups is 1. The number of rotatable bonds is 10. The molecule has 0 saturated carbocycles. The summed E-state index contributed by atoms with van der Waals surface area (Å²) in [4.78, 5) is 66.6. The van der Waals surface area contributed by atoms with Crippen LogP contribution in [0.4, 0.5) is 4.79 Å². The standard InChI is InChI=1S/C29H39N5O8/c1-6-40-28(39)42-34-16-14-33(15-17-34)27(38)21(12-13-24(36)41-29(3,4)5)32-26(37)23-18-22(19(2)35)30-25(31-23)20-10-8-7-9-11-20/h7-11,18-19,21,35H,6,12-17H2,1-5H3,(H,32,37)/t19-,21?/m0/s1. The van der Waals surface area contributed by atoms with E-state index in [0.717, 1.165) is 0 Å². The lowest BCUT2D eigenvalue weighted by Gasteiger charge is -2.35. The first-order valence-electron chi connectivity index (χ1n) is 13.9. The molecular weight excluding hydrogens is 546 g/mol. The van der Waals surface area contributed by atoms with Crippen molar-refractivity contribution in [1.29, 1.82) is 0 Å². The Bertz CT molecular complexity index is 1240. The Morgan fingerprint density at radius 2 is 1.71 bits per heavy atom. The molecule has 0 aliphatic carbocycles. The van der Waals surface area contributed by atoms with Gasteiger partial charge in [-0.05, 0) is 47.1 Å². The number of hydroxylamine groups is 2. The highest BCUT2D eigenvalue weighted by molar-refractivity contribution is 5.96. The number of amides is 2. The van der Waals surface area contributed by atoms with Crippen LogP contribution in [0.3, 0.4) is 0 Å². The van der Waals surface area contributed by atoms with E-state index in [1.54, 1.807) is 52.0 Å². The van der Waals surface area contributed by atoms with E-state index in [4.69, 9.17) is 14.3 Å². The predicted molar refractivity (Wildman–Crippen MR) is 151 cm³/mol. The number of aliphatic hydroxyl groups excluding tert-OH is 1. The topological polar surface area (TPSA) is 160 Å². The number of carbonyl (C=O) groups excluding carboxylic acids is 4. The Hall–Kier alpha value is -4.10. The van der Waals surface area contributed by atoms with Crippen molar-refractivity contribution >= 4 is 23.9 Å². The molecule has 2 aromatic rings. The fraction of sp³-hybridized carbons (Fsp3) is 0.517. The smallest absolute Gasteiger partial charge is 0.460 e. The van der Waals surface area contributed by atoms with Gasteiger partial charge >= 0.3 is 12.1 Å². The van der Waals surface area contributed by atoms with Gasteiger partial charge in [0.15, 0.2) is 5.82 Å². The first-order chi connectivity index (χ1) is 19.9. The van der Waals surface area contributed by atoms with E-state index in [9.17, 15) is 24.3 Å². The number of nitrogens with zero attached hydrogens (tertiary/aromatic N) is 4. The van der Waals surface area contributed by atoms with Crippen molar-refractivity contribution in [3.63, 3.8) is 0 Å². The Labute approximate surface area is 245 Å². The van der Waals surface area contributed by atoms with E-state index in [1.807, 2.05) is 6.07 Å². The van der Waals surface area contributed by atoms with Gasteiger partial charge in [-0.3, -0.25) is 14.4 Å². The summed E-state index contributed by atoms with van der Waals surface area (Å²) in [6.45, 7) is 9.50. The molecular formula is C29H39N5O8. The van der Waals surface area contributed by atoms with Crippen molar-refractivity contribution < 1.29 is 38.6 Å². The normalized spacial score (nSPS) is 15.3. The fourth-order valence-electron chi connectivity index (χ4n) is 4.13. The Morgan fingerprint density at radius 1 is 1.05 bits per heavy atom. The van der Waals surface area contributed by atoms with Crippen molar-refractivity contribution in [2.24, 2.45) is 0 Å². The summed E-state index contributed by atoms with van der Waals surface area (Å²) in [7, 11) is 0. The molecule has 3 rings (SSSR count). The van der Waals surface area contributed by atoms with Gasteiger partial charge in [-0.1, -0.05) is 30.3 Å². The summed E-state index contributed by atoms with van der Waals surface area (Å²) in [6, 6.07) is 9.29. The number of benzene rings is 1. The average Bonchev–Trinajstić information content (AvgIpc) is 2.94. The molecule has 228 valence electrons. The van der Waals surface area contributed by atoms with Gasteiger partial charge in [0.2, 0.25) is 5.91 Å². The summed E-state index contributed by atoms with van der Waals surface area (Å²) in [6.07, 6.45) is -1.92. The third kappa shape index (κ3) is 9.77. The molecule has 1 aromatic heterocycles. The number of piperazine rings is 1. The predicted octanol–water partition coefficient (Wildman–Crippen LogP) is 2.65. The lowest BCUT2D eigenvalue weighted by atomic mass is 10.1. The van der Waals surface area contributed by atoms with Crippen LogP contribution in [0.15, 0.2) is 36.4 Å². The molecule has 13 nitrogen and oxygen atoms in total. The fourth-order valence-corrected chi connectivity index (χ4v) is 4.13. The number of aromatic nitrogens is 2. The number of ether oxygens (including phenoxy) is 2. The second-order valence-corrected chi connectivity index (χ2v) is 10.7. The molecule has 0 bridgehead atoms. The zero-order valence-electron chi connectivity index (χ0n) is 24.7. The third-order valence-electron chi connectivity index (χ3n) is 6.12. The van der Waals surface area contributed by atoms with E-state index in [-0.39, 0.29) is 62.8 Å². The highest BCUT2D eigenvalue weighted by atomic mass is 16.8. The molecule has 1 saturated heterocycles. The SMILES string of the molecule is CCOC(=O)ON1CCN(C(=O)C(CCC(=O)OC(C)(C)C)NC(=O)c2cc([C@H](C)O)nc(-c3ccccc3)n2)CC1. The van der Waals surface area contributed by atoms with Gasteiger partial charge in [0.1, 0.15) is 17.3 Å². The zero-order valence-corrected chi connectivity index (χ0v) is 24.7. The van der Waals surface area contributed by atoms with E-state index >= 15 is 0 Å². The van der Waals surface area contributed by atoms with Crippen LogP contribution in [0.5, 0.6) is 0 Å². The van der Waals surface area contributed by atoms with Gasteiger partial charge in [0.05, 0.1) is 31.5 Å². The molecule has 1 unspecified atom stereocenters. The number of esters is 1. The molecule has 1 fully saturated rings. The van der Waals surface area contributed by atoms with Crippen LogP contribution in [0.25, 0.3) is 11.4 Å². The average molecular weight is 586 g/mol. The zero-order chi connectivity index (χ0) is 30.9. The second kappa shape index (κ2) is 14.7. The van der Waals surface area contributed by atoms with E-state index in [1.165, 1.54) is 23.0 Å². The third-order valence-corrected chi connectivity index (χ3v) is 6.12. The summed E-state index contributed by atoms with van der Waals surface area (Å²) in [5.74, 6) is -1.33. The number of hydrogen-bond donors (Lipinski definition) is 2. The van der Waals surface area contributed by atoms with Crippen LogP contribution in [0.2, 0.25) is 0 Å². The van der Waals surface area contributed by atoms with E-state index in [2.05, 4.69) is 15.3 Å². The highest BCUT2D eigenvalue weighted by Crippen LogP contribution is 2.20. The van der Waals surface area contributed by atoms with E-state index in [0.29, 0.717) is 5.56 Å². The molecule has 13 heteroatoms. The van der Waals surface area contributed by atoms with Gasteiger partial charge in [-0.15, -0.1) is 5.06 Å². The quantitative estimate of drug-likeness (QED) is 0.395. The molecule has 42 heavy (non-hydrogen) atoms. The van der Waals surface area contributed by atoms with Crippen LogP contribution in [0, 0.1) is 0 Å². The molecule has 1 aliphatic rings. The van der Waals surface area contributed by atoms with Crippen LogP contribution in [-0.2, 0) is 23.9 Å². The van der Waals surface area contributed by atoms with Crippen molar-refractivity contribution in [3.05, 3.63) is 47.8 Å². The summed E-state index contributed by atoms with van der Waals surface area (Å²) in [5, 5.41) is 14.3. The van der Waals surface area contributed by atoms with Gasteiger partial charge in [0.25, 0.3) is 5.91 Å². The lowest BCUT2D eigenvalue weighted by molar-refractivity contribution is -0.158. The van der Waals surface area contributed by atoms with Crippen LogP contribution in [-0.4, -0.2) is 93.4 Å². The van der Waals surface area contributed by atoms with Crippen molar-refractivity contribution in [2.75, 3.05) is 32.8 Å². The molecule has 2 heterocycles. The molecule has 2 N–H and O–H groups in total. The minimum absolute atomic E-state index is 0.0150. The van der Waals surface area contributed by atoms with Crippen LogP contribution < -0.4 is 5.32 Å². The monoisotopic (exact) mass is 585 g/mol. The Balaban J connectivity index is 1.79. The van der Waals surface area contributed by atoms with Crippen molar-refractivity contribution in [2.45, 2.75) is 65.2 Å². The number of hydrogen-bond acceptors (Lipinski definition) is 11. The maximum atomic E-state index is 13.6. The van der Waals surface area contributed by atoms with Gasteiger partial charge in [-0.25, -0.2) is 14.8 Å². The van der Waals surface area contributed by atoms with Crippen molar-refractivity contribution in [1.82, 2.24) is 25.2 Å². The maximum Gasteiger partial charge on any atom is 0.527 e. The van der Waals surface area contributed by atoms with E-state index < -0.39 is 41.7 Å². The van der Waals surface area contributed by atoms with Gasteiger partial charge < -0.3 is 29.6 Å². The lowest BCUT2D eigenvalue weighted by Crippen LogP contribution is -2.55.